The summed E-state index contributed by atoms with van der Waals surface area (Å²) in [6.45, 7) is 0. The lowest BCUT2D eigenvalue weighted by Gasteiger charge is -1.90. The number of imidazole rings is 1. The second-order valence-electron chi connectivity index (χ2n) is 1.84. The second-order valence-corrected chi connectivity index (χ2v) is 3.16. The van der Waals surface area contributed by atoms with Gasteiger partial charge in [0.2, 0.25) is 0 Å². The molecule has 1 aromatic rings. The summed E-state index contributed by atoms with van der Waals surface area (Å²) >= 11 is 0. The fourth-order valence-electron chi connectivity index (χ4n) is 0.654. The van der Waals surface area contributed by atoms with Crippen molar-refractivity contribution in [2.75, 3.05) is 6.26 Å². The molecule has 0 saturated heterocycles. The van der Waals surface area contributed by atoms with Crippen LogP contribution in [-0.2, 0) is 10.8 Å². The molecule has 0 aliphatic rings. The smallest absolute Gasteiger partial charge is 0.357 e. The zero-order valence-electron chi connectivity index (χ0n) is 5.70. The first kappa shape index (κ1) is 7.93. The van der Waals surface area contributed by atoms with Gasteiger partial charge in [-0.15, -0.1) is 0 Å². The molecule has 6 heteroatoms. The Morgan fingerprint density at radius 1 is 1.82 bits per heavy atom. The van der Waals surface area contributed by atoms with E-state index in [1.54, 1.807) is 0 Å². The molecule has 1 atom stereocenters. The third kappa shape index (κ3) is 1.45. The molecule has 11 heavy (non-hydrogen) atoms. The molecule has 1 rings (SSSR count). The number of carboxylic acids is 1. The monoisotopic (exact) mass is 174 g/mol. The van der Waals surface area contributed by atoms with Crippen LogP contribution in [0.1, 0.15) is 10.5 Å². The van der Waals surface area contributed by atoms with Crippen LogP contribution in [0, 0.1) is 0 Å². The van der Waals surface area contributed by atoms with Gasteiger partial charge in [-0.1, -0.05) is 0 Å². The lowest BCUT2D eigenvalue weighted by Crippen LogP contribution is -2.02. The number of rotatable bonds is 2. The maximum Gasteiger partial charge on any atom is 0.357 e. The van der Waals surface area contributed by atoms with Crippen LogP contribution < -0.4 is 0 Å². The highest BCUT2D eigenvalue weighted by Crippen LogP contribution is 2.05. The molecule has 60 valence electrons. The van der Waals surface area contributed by atoms with Crippen molar-refractivity contribution in [3.8, 4) is 0 Å². The molecular weight excluding hydrogens is 168 g/mol. The summed E-state index contributed by atoms with van der Waals surface area (Å²) in [7, 11) is -1.33. The van der Waals surface area contributed by atoms with Crippen molar-refractivity contribution in [3.63, 3.8) is 0 Å². The van der Waals surface area contributed by atoms with Crippen molar-refractivity contribution < 1.29 is 14.1 Å². The first-order chi connectivity index (χ1) is 5.13. The largest absolute Gasteiger partial charge is 0.476 e. The number of carboxylic acid groups (broad SMARTS) is 1. The van der Waals surface area contributed by atoms with Gasteiger partial charge < -0.3 is 10.1 Å². The van der Waals surface area contributed by atoms with Gasteiger partial charge in [0, 0.05) is 6.26 Å². The summed E-state index contributed by atoms with van der Waals surface area (Å²) in [5.74, 6) is -1.17. The van der Waals surface area contributed by atoms with Crippen LogP contribution in [0.4, 0.5) is 0 Å². The van der Waals surface area contributed by atoms with Crippen molar-refractivity contribution in [2.45, 2.75) is 5.03 Å². The molecule has 0 amide bonds. The van der Waals surface area contributed by atoms with Crippen molar-refractivity contribution in [1.82, 2.24) is 9.97 Å². The van der Waals surface area contributed by atoms with Gasteiger partial charge in [-0.2, -0.15) is 0 Å². The molecule has 0 fully saturated rings. The van der Waals surface area contributed by atoms with Crippen molar-refractivity contribution >= 4 is 16.8 Å². The van der Waals surface area contributed by atoms with E-state index in [9.17, 15) is 9.00 Å². The van der Waals surface area contributed by atoms with Gasteiger partial charge in [-0.05, 0) is 0 Å². The van der Waals surface area contributed by atoms with Crippen LogP contribution in [0.2, 0.25) is 0 Å². The third-order valence-corrected chi connectivity index (χ3v) is 1.98. The average molecular weight is 174 g/mol. The van der Waals surface area contributed by atoms with E-state index in [0.717, 1.165) is 0 Å². The molecule has 0 aliphatic heterocycles. The van der Waals surface area contributed by atoms with E-state index >= 15 is 0 Å². The van der Waals surface area contributed by atoms with Crippen LogP contribution in [-0.4, -0.2) is 31.5 Å². The molecule has 0 aliphatic carbocycles. The fourth-order valence-corrected chi connectivity index (χ4v) is 1.28. The van der Waals surface area contributed by atoms with Crippen molar-refractivity contribution in [1.29, 1.82) is 0 Å². The topological polar surface area (TPSA) is 83.0 Å². The highest BCUT2D eigenvalue weighted by atomic mass is 32.2. The molecular formula is C5H6N2O3S. The van der Waals surface area contributed by atoms with Crippen LogP contribution in [0.3, 0.4) is 0 Å². The summed E-state index contributed by atoms with van der Waals surface area (Å²) in [5, 5.41) is 8.64. The Kier molecular flexibility index (Phi) is 2.04. The van der Waals surface area contributed by atoms with Gasteiger partial charge in [-0.25, -0.2) is 9.78 Å². The Balaban J connectivity index is 3.16. The number of H-pyrrole nitrogens is 1. The zero-order chi connectivity index (χ0) is 8.43. The average Bonchev–Trinajstić information content (AvgIpc) is 2.32. The number of aromatic amines is 1. The lowest BCUT2D eigenvalue weighted by molar-refractivity contribution is 0.0687. The number of nitrogens with one attached hydrogen (secondary N) is 1. The van der Waals surface area contributed by atoms with Crippen LogP contribution in [0.5, 0.6) is 0 Å². The van der Waals surface area contributed by atoms with Gasteiger partial charge in [0.15, 0.2) is 5.69 Å². The molecule has 0 spiro atoms. The molecule has 0 radical (unpaired) electrons. The first-order valence-corrected chi connectivity index (χ1v) is 4.29. The number of nitrogens with zero attached hydrogens (tertiary/aromatic N) is 1. The fraction of sp³-hybridized carbons (Fsp3) is 0.200. The molecule has 1 unspecified atom stereocenters. The number of aromatic nitrogens is 2. The summed E-state index contributed by atoms with van der Waals surface area (Å²) in [6, 6.07) is 0. The maximum absolute atomic E-state index is 10.8. The molecule has 0 aromatic carbocycles. The maximum atomic E-state index is 10.8. The lowest BCUT2D eigenvalue weighted by atomic mass is 10.5. The number of hydrogen-bond acceptors (Lipinski definition) is 3. The highest BCUT2D eigenvalue weighted by molar-refractivity contribution is 7.84. The van der Waals surface area contributed by atoms with Gasteiger partial charge in [0.05, 0.1) is 17.1 Å². The molecule has 1 aromatic heterocycles. The van der Waals surface area contributed by atoms with Gasteiger partial charge in [0.1, 0.15) is 5.03 Å². The summed E-state index contributed by atoms with van der Waals surface area (Å²) in [5.41, 5.74) is -0.175. The molecule has 2 N–H and O–H groups in total. The Hall–Kier alpha value is -1.17. The summed E-state index contributed by atoms with van der Waals surface area (Å²) < 4.78 is 10.8. The Bertz CT molecular complexity index is 278. The molecule has 0 bridgehead atoms. The number of aromatic carboxylic acids is 1. The predicted molar refractivity (Wildman–Crippen MR) is 37.9 cm³/mol. The molecule has 5 nitrogen and oxygen atoms in total. The standard InChI is InChI=1S/C5H6N2O3S/c1-11(10)4-3(5(8)9)6-2-7-4/h2H,1H3,(H,6,7)(H,8,9). The van der Waals surface area contributed by atoms with Crippen LogP contribution >= 0.6 is 0 Å². The SMILES string of the molecule is CS(=O)c1[nH]cnc1C(=O)O. The Morgan fingerprint density at radius 3 is 2.82 bits per heavy atom. The predicted octanol–water partition coefficient (Wildman–Crippen LogP) is -0.155. The normalized spacial score (nSPS) is 12.8. The molecule has 1 heterocycles. The van der Waals surface area contributed by atoms with E-state index in [2.05, 4.69) is 9.97 Å². The minimum absolute atomic E-state index is 0.150. The van der Waals surface area contributed by atoms with E-state index in [0.29, 0.717) is 0 Å². The Labute approximate surface area is 64.9 Å². The van der Waals surface area contributed by atoms with Crippen molar-refractivity contribution in [2.24, 2.45) is 0 Å². The van der Waals surface area contributed by atoms with Gasteiger partial charge >= 0.3 is 5.97 Å². The third-order valence-electron chi connectivity index (χ3n) is 1.09. The highest BCUT2D eigenvalue weighted by Gasteiger charge is 2.14. The van der Waals surface area contributed by atoms with E-state index in [1.807, 2.05) is 0 Å². The van der Waals surface area contributed by atoms with Gasteiger partial charge in [-0.3, -0.25) is 4.21 Å². The number of hydrogen-bond donors (Lipinski definition) is 2. The minimum atomic E-state index is -1.33. The Morgan fingerprint density at radius 2 is 2.45 bits per heavy atom. The van der Waals surface area contributed by atoms with E-state index in [4.69, 9.17) is 5.11 Å². The summed E-state index contributed by atoms with van der Waals surface area (Å²) in [4.78, 5) is 16.4. The van der Waals surface area contributed by atoms with E-state index < -0.39 is 16.8 Å². The zero-order valence-corrected chi connectivity index (χ0v) is 6.51. The second kappa shape index (κ2) is 2.83. The number of carbonyl (C=O) groups is 1. The van der Waals surface area contributed by atoms with Crippen molar-refractivity contribution in [3.05, 3.63) is 12.0 Å². The minimum Gasteiger partial charge on any atom is -0.476 e. The van der Waals surface area contributed by atoms with Crippen LogP contribution in [0.15, 0.2) is 11.4 Å². The van der Waals surface area contributed by atoms with E-state index in [1.165, 1.54) is 12.6 Å². The summed E-state index contributed by atoms with van der Waals surface area (Å²) in [6.07, 6.45) is 2.60. The molecule has 0 saturated carbocycles. The quantitative estimate of drug-likeness (QED) is 0.652. The van der Waals surface area contributed by atoms with E-state index in [-0.39, 0.29) is 10.7 Å². The van der Waals surface area contributed by atoms with Gasteiger partial charge in [0.25, 0.3) is 0 Å². The van der Waals surface area contributed by atoms with Crippen LogP contribution in [0.25, 0.3) is 0 Å². The first-order valence-electron chi connectivity index (χ1n) is 2.73.